The molecule has 1 N–H and O–H groups in total. The summed E-state index contributed by atoms with van der Waals surface area (Å²) in [4.78, 5) is 30.0. The summed E-state index contributed by atoms with van der Waals surface area (Å²) in [5.41, 5.74) is 2.56. The summed E-state index contributed by atoms with van der Waals surface area (Å²) in [6, 6.07) is 13.1. The van der Waals surface area contributed by atoms with Crippen molar-refractivity contribution in [1.29, 1.82) is 0 Å². The minimum atomic E-state index is -0.185. The van der Waals surface area contributed by atoms with Gasteiger partial charge >= 0.3 is 0 Å². The molecule has 0 fully saturated rings. The third-order valence-electron chi connectivity index (χ3n) is 4.71. The first kappa shape index (κ1) is 19.8. The number of carbonyl (C=O) groups excluding carboxylic acids is 1. The maximum Gasteiger partial charge on any atom is 0.262 e. The lowest BCUT2D eigenvalue weighted by molar-refractivity contribution is -0.130. The molecule has 0 atom stereocenters. The molecule has 3 aromatic rings. The second-order valence-corrected chi connectivity index (χ2v) is 7.13. The van der Waals surface area contributed by atoms with Crippen molar-refractivity contribution in [3.8, 4) is 5.75 Å². The lowest BCUT2D eigenvalue weighted by atomic mass is 10.1. The zero-order valence-corrected chi connectivity index (χ0v) is 17.0. The molecule has 28 heavy (non-hydrogen) atoms. The highest BCUT2D eigenvalue weighted by Gasteiger charge is 2.14. The number of nitrogens with one attached hydrogen (secondary N) is 1. The van der Waals surface area contributed by atoms with Crippen LogP contribution in [0.5, 0.6) is 5.75 Å². The molecule has 1 amide bonds. The fourth-order valence-electron chi connectivity index (χ4n) is 3.17. The summed E-state index contributed by atoms with van der Waals surface area (Å²) in [7, 11) is 3.36. The van der Waals surface area contributed by atoms with E-state index in [2.05, 4.69) is 4.98 Å². The van der Waals surface area contributed by atoms with Gasteiger partial charge in [0.05, 0.1) is 18.0 Å². The standard InChI is InChI=1S/C21H23N3O3S/c1-14-8-9-18(27-3)15(12-14)13-23(2)19(25)10-11-24-20(26)16-6-4-5-7-17(16)22-21(24)28/h4-9,12H,10-11,13H2,1-3H3,(H,22,28). The number of nitrogens with zero attached hydrogens (tertiary/aromatic N) is 2. The van der Waals surface area contributed by atoms with Crippen molar-refractivity contribution in [1.82, 2.24) is 14.5 Å². The number of methoxy groups -OCH3 is 1. The van der Waals surface area contributed by atoms with Gasteiger partial charge in [0, 0.05) is 32.1 Å². The van der Waals surface area contributed by atoms with E-state index in [1.807, 2.05) is 37.3 Å². The number of hydrogen-bond acceptors (Lipinski definition) is 4. The Morgan fingerprint density at radius 2 is 2.00 bits per heavy atom. The number of rotatable bonds is 6. The van der Waals surface area contributed by atoms with Gasteiger partial charge in [-0.2, -0.15) is 0 Å². The van der Waals surface area contributed by atoms with E-state index in [1.165, 1.54) is 4.57 Å². The van der Waals surface area contributed by atoms with Crippen LogP contribution in [0.15, 0.2) is 47.3 Å². The van der Waals surface area contributed by atoms with E-state index in [0.717, 1.165) is 16.9 Å². The maximum atomic E-state index is 12.7. The van der Waals surface area contributed by atoms with Crippen LogP contribution < -0.4 is 10.3 Å². The number of hydrogen-bond donors (Lipinski definition) is 1. The van der Waals surface area contributed by atoms with E-state index < -0.39 is 0 Å². The Hall–Kier alpha value is -2.93. The number of aromatic amines is 1. The van der Waals surface area contributed by atoms with Crippen molar-refractivity contribution in [2.24, 2.45) is 0 Å². The van der Waals surface area contributed by atoms with Crippen LogP contribution in [-0.2, 0) is 17.9 Å². The van der Waals surface area contributed by atoms with Gasteiger partial charge in [-0.05, 0) is 37.3 Å². The first-order valence-electron chi connectivity index (χ1n) is 9.00. The van der Waals surface area contributed by atoms with Crippen LogP contribution >= 0.6 is 12.2 Å². The summed E-state index contributed by atoms with van der Waals surface area (Å²) in [5.74, 6) is 0.677. The molecule has 1 heterocycles. The lowest BCUT2D eigenvalue weighted by Crippen LogP contribution is -2.30. The number of para-hydroxylation sites is 1. The monoisotopic (exact) mass is 397 g/mol. The second-order valence-electron chi connectivity index (χ2n) is 6.75. The zero-order chi connectivity index (χ0) is 20.3. The predicted molar refractivity (Wildman–Crippen MR) is 112 cm³/mol. The Morgan fingerprint density at radius 1 is 1.25 bits per heavy atom. The van der Waals surface area contributed by atoms with Crippen LogP contribution in [0, 0.1) is 11.7 Å². The number of carbonyl (C=O) groups is 1. The Labute approximate surface area is 168 Å². The molecule has 0 aliphatic heterocycles. The fourth-order valence-corrected chi connectivity index (χ4v) is 3.46. The van der Waals surface area contributed by atoms with Crippen molar-refractivity contribution in [2.45, 2.75) is 26.4 Å². The quantitative estimate of drug-likeness (QED) is 0.647. The minimum absolute atomic E-state index is 0.0713. The number of aromatic nitrogens is 2. The molecule has 0 saturated carbocycles. The largest absolute Gasteiger partial charge is 0.496 e. The lowest BCUT2D eigenvalue weighted by Gasteiger charge is -2.19. The average molecular weight is 398 g/mol. The molecule has 7 heteroatoms. The summed E-state index contributed by atoms with van der Waals surface area (Å²) >= 11 is 5.30. The summed E-state index contributed by atoms with van der Waals surface area (Å²) in [6.45, 7) is 2.66. The first-order valence-corrected chi connectivity index (χ1v) is 9.41. The van der Waals surface area contributed by atoms with Gasteiger partial charge in [0.25, 0.3) is 5.56 Å². The highest BCUT2D eigenvalue weighted by atomic mass is 32.1. The Bertz CT molecular complexity index is 1130. The van der Waals surface area contributed by atoms with Gasteiger partial charge in [0.15, 0.2) is 4.77 Å². The number of fused-ring (bicyclic) bond motifs is 1. The van der Waals surface area contributed by atoms with Crippen LogP contribution in [0.25, 0.3) is 10.9 Å². The third kappa shape index (κ3) is 4.14. The SMILES string of the molecule is COc1ccc(C)cc1CN(C)C(=O)CCn1c(=S)[nH]c2ccccc2c1=O. The van der Waals surface area contributed by atoms with E-state index in [4.69, 9.17) is 17.0 Å². The molecule has 0 unspecified atom stereocenters. The molecule has 3 rings (SSSR count). The van der Waals surface area contributed by atoms with Gasteiger partial charge in [-0.3, -0.25) is 14.2 Å². The number of aryl methyl sites for hydroxylation is 1. The van der Waals surface area contributed by atoms with E-state index in [0.29, 0.717) is 22.2 Å². The molecule has 1 aromatic heterocycles. The molecule has 0 bridgehead atoms. The van der Waals surface area contributed by atoms with E-state index in [-0.39, 0.29) is 24.4 Å². The van der Waals surface area contributed by atoms with Crippen molar-refractivity contribution in [3.63, 3.8) is 0 Å². The van der Waals surface area contributed by atoms with Crippen LogP contribution in [0.1, 0.15) is 17.5 Å². The molecule has 0 aliphatic carbocycles. The second kappa shape index (κ2) is 8.39. The highest BCUT2D eigenvalue weighted by Crippen LogP contribution is 2.21. The van der Waals surface area contributed by atoms with Crippen molar-refractivity contribution >= 4 is 29.0 Å². The molecule has 0 aliphatic rings. The molecule has 6 nitrogen and oxygen atoms in total. The van der Waals surface area contributed by atoms with Crippen molar-refractivity contribution in [2.75, 3.05) is 14.2 Å². The molecule has 0 radical (unpaired) electrons. The number of ether oxygens (including phenoxy) is 1. The van der Waals surface area contributed by atoms with Gasteiger partial charge in [-0.25, -0.2) is 0 Å². The van der Waals surface area contributed by atoms with Gasteiger partial charge in [-0.1, -0.05) is 29.8 Å². The average Bonchev–Trinajstić information content (AvgIpc) is 2.67. The smallest absolute Gasteiger partial charge is 0.262 e. The van der Waals surface area contributed by atoms with Crippen molar-refractivity contribution < 1.29 is 9.53 Å². The maximum absolute atomic E-state index is 12.7. The molecule has 0 spiro atoms. The van der Waals surface area contributed by atoms with E-state index in [1.54, 1.807) is 31.2 Å². The molecule has 146 valence electrons. The predicted octanol–water partition coefficient (Wildman–Crippen LogP) is 3.42. The molecular formula is C21H23N3O3S. The van der Waals surface area contributed by atoms with Crippen LogP contribution in [0.3, 0.4) is 0 Å². The van der Waals surface area contributed by atoms with Gasteiger partial charge < -0.3 is 14.6 Å². The molecule has 0 saturated heterocycles. The Balaban J connectivity index is 1.74. The normalized spacial score (nSPS) is 10.8. The third-order valence-corrected chi connectivity index (χ3v) is 5.03. The van der Waals surface area contributed by atoms with Gasteiger partial charge in [0.1, 0.15) is 5.75 Å². The van der Waals surface area contributed by atoms with E-state index in [9.17, 15) is 9.59 Å². The Kier molecular flexibility index (Phi) is 5.94. The van der Waals surface area contributed by atoms with E-state index >= 15 is 0 Å². The van der Waals surface area contributed by atoms with Crippen LogP contribution in [0.2, 0.25) is 0 Å². The molecular weight excluding hydrogens is 374 g/mol. The summed E-state index contributed by atoms with van der Waals surface area (Å²) in [5, 5.41) is 0.557. The highest BCUT2D eigenvalue weighted by molar-refractivity contribution is 7.71. The number of benzene rings is 2. The van der Waals surface area contributed by atoms with Gasteiger partial charge in [0.2, 0.25) is 5.91 Å². The minimum Gasteiger partial charge on any atom is -0.496 e. The van der Waals surface area contributed by atoms with Crippen molar-refractivity contribution in [3.05, 3.63) is 68.7 Å². The zero-order valence-electron chi connectivity index (χ0n) is 16.2. The summed E-state index contributed by atoms with van der Waals surface area (Å²) < 4.78 is 7.14. The Morgan fingerprint density at radius 3 is 2.75 bits per heavy atom. The molecule has 2 aromatic carbocycles. The topological polar surface area (TPSA) is 67.3 Å². The van der Waals surface area contributed by atoms with Crippen LogP contribution in [-0.4, -0.2) is 34.5 Å². The van der Waals surface area contributed by atoms with Gasteiger partial charge in [-0.15, -0.1) is 0 Å². The summed E-state index contributed by atoms with van der Waals surface area (Å²) in [6.07, 6.45) is 0.181. The van der Waals surface area contributed by atoms with Crippen LogP contribution in [0.4, 0.5) is 0 Å². The number of H-pyrrole nitrogens is 1. The first-order chi connectivity index (χ1) is 13.4. The number of amides is 1. The fraction of sp³-hybridized carbons (Fsp3) is 0.286.